The number of carbonyl (C=O) groups is 1. The number of aromatic nitrogens is 2. The second-order valence-corrected chi connectivity index (χ2v) is 7.52. The normalized spacial score (nSPS) is 27.7. The molecule has 1 spiro atoms. The lowest BCUT2D eigenvalue weighted by molar-refractivity contribution is -0.155. The fraction of sp³-hybridized carbons (Fsp3) is 0.647. The molecule has 0 aromatic carbocycles. The Kier molecular flexibility index (Phi) is 3.86. The number of hydrogen-bond donors (Lipinski definition) is 0. The average Bonchev–Trinajstić information content (AvgIpc) is 2.87. The van der Waals surface area contributed by atoms with Gasteiger partial charge in [0.2, 0.25) is 11.6 Å². The van der Waals surface area contributed by atoms with Gasteiger partial charge in [-0.15, -0.1) is 5.10 Å². The zero-order valence-corrected chi connectivity index (χ0v) is 14.2. The third-order valence-electron chi connectivity index (χ3n) is 4.94. The molecule has 1 fully saturated rings. The van der Waals surface area contributed by atoms with Crippen LogP contribution in [-0.2, 0) is 9.53 Å². The van der Waals surface area contributed by atoms with Gasteiger partial charge in [-0.1, -0.05) is 20.8 Å². The van der Waals surface area contributed by atoms with E-state index in [1.54, 1.807) is 18.6 Å². The van der Waals surface area contributed by atoms with Crippen molar-refractivity contribution >= 4 is 11.8 Å². The maximum absolute atomic E-state index is 12.1. The van der Waals surface area contributed by atoms with Crippen LogP contribution in [0.3, 0.4) is 0 Å². The van der Waals surface area contributed by atoms with Crippen molar-refractivity contribution in [3.05, 3.63) is 24.3 Å². The smallest absolute Gasteiger partial charge is 0.261 e. The standard InChI is InChI=1S/C17H24N4O2/c1-12(22)21-17(7-5-13(6-8-17)16(2,3)4)23-15(20-21)14-11-18-9-10-19-14/h9-11,13H,5-8H2,1-4H3. The molecule has 0 radical (unpaired) electrons. The fourth-order valence-electron chi connectivity index (χ4n) is 3.54. The molecule has 0 saturated heterocycles. The van der Waals surface area contributed by atoms with Crippen LogP contribution in [0.4, 0.5) is 0 Å². The van der Waals surface area contributed by atoms with E-state index in [-0.39, 0.29) is 11.3 Å². The van der Waals surface area contributed by atoms with Gasteiger partial charge in [-0.2, -0.15) is 5.01 Å². The number of hydrogen-bond acceptors (Lipinski definition) is 5. The van der Waals surface area contributed by atoms with Gasteiger partial charge in [0, 0.05) is 32.2 Å². The predicted molar refractivity (Wildman–Crippen MR) is 86.3 cm³/mol. The minimum atomic E-state index is -0.652. The first-order valence-corrected chi connectivity index (χ1v) is 8.17. The summed E-state index contributed by atoms with van der Waals surface area (Å²) >= 11 is 0. The number of rotatable bonds is 1. The van der Waals surface area contributed by atoms with Crippen molar-refractivity contribution in [3.8, 4) is 0 Å². The van der Waals surface area contributed by atoms with E-state index in [1.807, 2.05) is 0 Å². The van der Waals surface area contributed by atoms with Crippen LogP contribution < -0.4 is 0 Å². The Morgan fingerprint density at radius 2 is 2.00 bits per heavy atom. The van der Waals surface area contributed by atoms with Gasteiger partial charge >= 0.3 is 0 Å². The van der Waals surface area contributed by atoms with E-state index in [2.05, 4.69) is 35.8 Å². The van der Waals surface area contributed by atoms with Gasteiger partial charge in [0.05, 0.1) is 6.20 Å². The van der Waals surface area contributed by atoms with Crippen molar-refractivity contribution in [2.24, 2.45) is 16.4 Å². The van der Waals surface area contributed by atoms with E-state index in [4.69, 9.17) is 4.74 Å². The maximum atomic E-state index is 12.1. The van der Waals surface area contributed by atoms with Gasteiger partial charge in [-0.25, -0.2) is 4.98 Å². The molecule has 1 aliphatic heterocycles. The van der Waals surface area contributed by atoms with E-state index in [9.17, 15) is 4.79 Å². The van der Waals surface area contributed by atoms with E-state index < -0.39 is 5.72 Å². The Hall–Kier alpha value is -1.98. The summed E-state index contributed by atoms with van der Waals surface area (Å²) < 4.78 is 6.16. The van der Waals surface area contributed by atoms with Gasteiger partial charge in [0.1, 0.15) is 5.69 Å². The summed E-state index contributed by atoms with van der Waals surface area (Å²) in [6, 6.07) is 0. The Balaban J connectivity index is 1.83. The lowest BCUT2D eigenvalue weighted by atomic mass is 9.70. The fourth-order valence-corrected chi connectivity index (χ4v) is 3.54. The summed E-state index contributed by atoms with van der Waals surface area (Å²) in [5, 5.41) is 5.91. The molecule has 2 heterocycles. The number of nitrogens with zero attached hydrogens (tertiary/aromatic N) is 4. The largest absolute Gasteiger partial charge is 0.446 e. The van der Waals surface area contributed by atoms with Gasteiger partial charge < -0.3 is 4.74 Å². The first-order valence-electron chi connectivity index (χ1n) is 8.17. The number of amides is 1. The van der Waals surface area contributed by atoms with Crippen LogP contribution in [0, 0.1) is 11.3 Å². The van der Waals surface area contributed by atoms with Crippen molar-refractivity contribution < 1.29 is 9.53 Å². The van der Waals surface area contributed by atoms with Crippen molar-refractivity contribution in [2.75, 3.05) is 0 Å². The molecular weight excluding hydrogens is 292 g/mol. The first-order chi connectivity index (χ1) is 10.8. The summed E-state index contributed by atoms with van der Waals surface area (Å²) in [4.78, 5) is 20.4. The van der Waals surface area contributed by atoms with E-state index in [0.29, 0.717) is 17.5 Å². The molecule has 6 nitrogen and oxygen atoms in total. The van der Waals surface area contributed by atoms with Crippen LogP contribution in [0.5, 0.6) is 0 Å². The highest BCUT2D eigenvalue weighted by Gasteiger charge is 2.50. The highest BCUT2D eigenvalue weighted by atomic mass is 16.6. The lowest BCUT2D eigenvalue weighted by Gasteiger charge is -2.43. The number of ether oxygens (including phenoxy) is 1. The molecule has 1 amide bonds. The maximum Gasteiger partial charge on any atom is 0.261 e. The van der Waals surface area contributed by atoms with Crippen molar-refractivity contribution in [2.45, 2.75) is 59.1 Å². The van der Waals surface area contributed by atoms with Crippen LogP contribution >= 0.6 is 0 Å². The molecule has 3 rings (SSSR count). The summed E-state index contributed by atoms with van der Waals surface area (Å²) in [7, 11) is 0. The molecule has 0 unspecified atom stereocenters. The Morgan fingerprint density at radius 1 is 1.30 bits per heavy atom. The Labute approximate surface area is 137 Å². The number of carbonyl (C=O) groups excluding carboxylic acids is 1. The first kappa shape index (κ1) is 15.9. The molecule has 23 heavy (non-hydrogen) atoms. The van der Waals surface area contributed by atoms with Crippen LogP contribution in [0.2, 0.25) is 0 Å². The third kappa shape index (κ3) is 2.94. The van der Waals surface area contributed by atoms with Gasteiger partial charge in [0.25, 0.3) is 5.90 Å². The SMILES string of the molecule is CC(=O)N1N=C(c2cnccn2)OC12CCC(C(C)(C)C)CC2. The zero-order valence-electron chi connectivity index (χ0n) is 14.2. The molecule has 1 saturated carbocycles. The second-order valence-electron chi connectivity index (χ2n) is 7.52. The summed E-state index contributed by atoms with van der Waals surface area (Å²) in [5.41, 5.74) is 0.185. The highest BCUT2D eigenvalue weighted by Crippen LogP contribution is 2.46. The molecule has 0 N–H and O–H groups in total. The average molecular weight is 316 g/mol. The zero-order chi connectivity index (χ0) is 16.7. The summed E-state index contributed by atoms with van der Waals surface area (Å²) in [6.07, 6.45) is 8.44. The third-order valence-corrected chi connectivity index (χ3v) is 4.94. The molecule has 0 atom stereocenters. The van der Waals surface area contributed by atoms with E-state index in [0.717, 1.165) is 25.7 Å². The topological polar surface area (TPSA) is 67.7 Å². The van der Waals surface area contributed by atoms with Crippen LogP contribution in [0.1, 0.15) is 59.1 Å². The second kappa shape index (κ2) is 5.58. The number of hydrazone groups is 1. The van der Waals surface area contributed by atoms with Crippen LogP contribution in [-0.4, -0.2) is 32.5 Å². The molecule has 1 aliphatic carbocycles. The summed E-state index contributed by atoms with van der Waals surface area (Å²) in [6.45, 7) is 8.35. The minimum Gasteiger partial charge on any atom is -0.446 e. The summed E-state index contributed by atoms with van der Waals surface area (Å²) in [5.74, 6) is 0.923. The molecule has 1 aromatic rings. The minimum absolute atomic E-state index is 0.0990. The predicted octanol–water partition coefficient (Wildman–Crippen LogP) is 2.95. The monoisotopic (exact) mass is 316 g/mol. The Morgan fingerprint density at radius 3 is 2.52 bits per heavy atom. The lowest BCUT2D eigenvalue weighted by Crippen LogP contribution is -2.50. The molecule has 2 aliphatic rings. The molecule has 1 aromatic heterocycles. The van der Waals surface area contributed by atoms with Crippen molar-refractivity contribution in [1.82, 2.24) is 15.0 Å². The van der Waals surface area contributed by atoms with Gasteiger partial charge in [0.15, 0.2) is 0 Å². The molecule has 6 heteroatoms. The molecular formula is C17H24N4O2. The van der Waals surface area contributed by atoms with E-state index >= 15 is 0 Å². The van der Waals surface area contributed by atoms with Gasteiger partial charge in [-0.05, 0) is 24.2 Å². The molecule has 124 valence electrons. The molecule has 0 bridgehead atoms. The van der Waals surface area contributed by atoms with Crippen molar-refractivity contribution in [3.63, 3.8) is 0 Å². The van der Waals surface area contributed by atoms with E-state index in [1.165, 1.54) is 11.9 Å². The Bertz CT molecular complexity index is 613. The van der Waals surface area contributed by atoms with Gasteiger partial charge in [-0.3, -0.25) is 9.78 Å². The van der Waals surface area contributed by atoms with Crippen LogP contribution in [0.15, 0.2) is 23.7 Å². The quantitative estimate of drug-likeness (QED) is 0.799. The highest BCUT2D eigenvalue weighted by molar-refractivity contribution is 5.94. The van der Waals surface area contributed by atoms with Crippen molar-refractivity contribution in [1.29, 1.82) is 0 Å². The van der Waals surface area contributed by atoms with Crippen LogP contribution in [0.25, 0.3) is 0 Å².